The molecule has 2 aromatic carbocycles. The fraction of sp³-hybridized carbons (Fsp3) is 0.211. The summed E-state index contributed by atoms with van der Waals surface area (Å²) >= 11 is 1.25. The van der Waals surface area contributed by atoms with Gasteiger partial charge in [-0.25, -0.2) is 8.78 Å². The molecule has 1 N–H and O–H groups in total. The summed E-state index contributed by atoms with van der Waals surface area (Å²) in [5.41, 5.74) is 1.50. The minimum absolute atomic E-state index is 0.168. The maximum Gasteiger partial charge on any atom is 0.261 e. The molecule has 0 unspecified atom stereocenters. The number of carbonyl (C=O) groups excluding carboxylic acids is 1. The van der Waals surface area contributed by atoms with Crippen LogP contribution in [-0.4, -0.2) is 19.6 Å². The van der Waals surface area contributed by atoms with Gasteiger partial charge in [0.15, 0.2) is 0 Å². The maximum atomic E-state index is 14.1. The number of ether oxygens (including phenoxy) is 1. The van der Waals surface area contributed by atoms with E-state index in [9.17, 15) is 13.6 Å². The molecule has 0 radical (unpaired) electrons. The molecule has 0 atom stereocenters. The number of rotatable bonds is 6. The van der Waals surface area contributed by atoms with Gasteiger partial charge in [-0.15, -0.1) is 11.3 Å². The van der Waals surface area contributed by atoms with Crippen molar-refractivity contribution in [1.82, 2.24) is 5.32 Å². The van der Waals surface area contributed by atoms with Crippen molar-refractivity contribution in [3.05, 3.63) is 70.1 Å². The molecular formula is C19H17F2NO2S. The first-order valence-electron chi connectivity index (χ1n) is 7.81. The molecule has 0 saturated heterocycles. The first-order valence-corrected chi connectivity index (χ1v) is 8.63. The van der Waals surface area contributed by atoms with Gasteiger partial charge in [0, 0.05) is 29.3 Å². The average Bonchev–Trinajstić information content (AvgIpc) is 2.97. The van der Waals surface area contributed by atoms with Crippen LogP contribution in [0.2, 0.25) is 0 Å². The Hall–Kier alpha value is -2.31. The van der Waals surface area contributed by atoms with Gasteiger partial charge in [0.25, 0.3) is 5.91 Å². The fourth-order valence-electron chi connectivity index (χ4n) is 2.68. The van der Waals surface area contributed by atoms with E-state index < -0.39 is 0 Å². The van der Waals surface area contributed by atoms with Crippen LogP contribution in [0.4, 0.5) is 8.78 Å². The summed E-state index contributed by atoms with van der Waals surface area (Å²) in [6.45, 7) is 0.579. The summed E-state index contributed by atoms with van der Waals surface area (Å²) < 4.78 is 32.9. The SMILES string of the molecule is COCc1c(C(=O)NCCc2ccc(F)cc2)sc2cccc(F)c12. The summed E-state index contributed by atoms with van der Waals surface area (Å²) in [7, 11) is 1.51. The lowest BCUT2D eigenvalue weighted by molar-refractivity contribution is 0.0954. The second-order valence-electron chi connectivity index (χ2n) is 5.59. The molecule has 130 valence electrons. The Labute approximate surface area is 148 Å². The molecule has 3 rings (SSSR count). The van der Waals surface area contributed by atoms with Crippen molar-refractivity contribution in [2.75, 3.05) is 13.7 Å². The minimum atomic E-state index is -0.355. The quantitative estimate of drug-likeness (QED) is 0.711. The van der Waals surface area contributed by atoms with Crippen molar-refractivity contribution >= 4 is 27.3 Å². The summed E-state index contributed by atoms with van der Waals surface area (Å²) in [5, 5.41) is 3.28. The number of benzene rings is 2. The molecule has 1 heterocycles. The molecule has 0 aliphatic carbocycles. The summed E-state index contributed by atoms with van der Waals surface area (Å²) in [4.78, 5) is 13.0. The van der Waals surface area contributed by atoms with E-state index in [1.807, 2.05) is 0 Å². The molecule has 25 heavy (non-hydrogen) atoms. The Bertz CT molecular complexity index is 890. The van der Waals surface area contributed by atoms with E-state index in [-0.39, 0.29) is 24.1 Å². The number of fused-ring (bicyclic) bond motifs is 1. The molecule has 3 aromatic rings. The lowest BCUT2D eigenvalue weighted by Crippen LogP contribution is -2.25. The fourth-order valence-corrected chi connectivity index (χ4v) is 3.82. The van der Waals surface area contributed by atoms with Gasteiger partial charge in [-0.2, -0.15) is 0 Å². The molecule has 6 heteroatoms. The Morgan fingerprint density at radius 3 is 2.64 bits per heavy atom. The van der Waals surface area contributed by atoms with Crippen LogP contribution < -0.4 is 5.32 Å². The van der Waals surface area contributed by atoms with Crippen LogP contribution in [0.15, 0.2) is 42.5 Å². The lowest BCUT2D eigenvalue weighted by atomic mass is 10.1. The predicted octanol–water partition coefficient (Wildman–Crippen LogP) is 4.30. The number of carbonyl (C=O) groups is 1. The molecule has 0 aliphatic rings. The van der Waals surface area contributed by atoms with Crippen LogP contribution in [-0.2, 0) is 17.8 Å². The molecule has 3 nitrogen and oxygen atoms in total. The smallest absolute Gasteiger partial charge is 0.261 e. The predicted molar refractivity (Wildman–Crippen MR) is 94.9 cm³/mol. The molecule has 1 amide bonds. The molecule has 0 aliphatic heterocycles. The highest BCUT2D eigenvalue weighted by atomic mass is 32.1. The number of amides is 1. The standard InChI is InChI=1S/C19H17F2NO2S/c1-24-11-14-17-15(21)3-2-4-16(17)25-18(14)19(23)22-10-9-12-5-7-13(20)8-6-12/h2-8H,9-11H2,1H3,(H,22,23). The van der Waals surface area contributed by atoms with Gasteiger partial charge in [-0.05, 0) is 36.2 Å². The molecule has 0 spiro atoms. The molecule has 0 fully saturated rings. The first kappa shape index (κ1) is 17.5. The van der Waals surface area contributed by atoms with Crippen molar-refractivity contribution in [2.24, 2.45) is 0 Å². The van der Waals surface area contributed by atoms with E-state index in [4.69, 9.17) is 4.74 Å². The highest BCUT2D eigenvalue weighted by Gasteiger charge is 2.20. The van der Waals surface area contributed by atoms with Crippen molar-refractivity contribution < 1.29 is 18.3 Å². The first-order chi connectivity index (χ1) is 12.1. The average molecular weight is 361 g/mol. The van der Waals surface area contributed by atoms with Gasteiger partial charge < -0.3 is 10.1 Å². The zero-order valence-electron chi connectivity index (χ0n) is 13.6. The van der Waals surface area contributed by atoms with E-state index in [1.54, 1.807) is 24.3 Å². The minimum Gasteiger partial charge on any atom is -0.380 e. The lowest BCUT2D eigenvalue weighted by Gasteiger charge is -2.07. The highest BCUT2D eigenvalue weighted by molar-refractivity contribution is 7.21. The van der Waals surface area contributed by atoms with Crippen LogP contribution in [0.3, 0.4) is 0 Å². The van der Waals surface area contributed by atoms with Gasteiger partial charge in [0.1, 0.15) is 11.6 Å². The van der Waals surface area contributed by atoms with E-state index in [0.717, 1.165) is 10.3 Å². The van der Waals surface area contributed by atoms with E-state index in [1.165, 1.54) is 36.6 Å². The van der Waals surface area contributed by atoms with Crippen molar-refractivity contribution in [1.29, 1.82) is 0 Å². The zero-order valence-corrected chi connectivity index (χ0v) is 14.5. The highest BCUT2D eigenvalue weighted by Crippen LogP contribution is 2.33. The van der Waals surface area contributed by atoms with Gasteiger partial charge in [0.05, 0.1) is 11.5 Å². The zero-order chi connectivity index (χ0) is 17.8. The number of hydrogen-bond donors (Lipinski definition) is 1. The van der Waals surface area contributed by atoms with Crippen molar-refractivity contribution in [2.45, 2.75) is 13.0 Å². The van der Waals surface area contributed by atoms with Crippen molar-refractivity contribution in [3.63, 3.8) is 0 Å². The monoisotopic (exact) mass is 361 g/mol. The number of halogens is 2. The third kappa shape index (κ3) is 3.86. The molecule has 0 saturated carbocycles. The van der Waals surface area contributed by atoms with Crippen LogP contribution in [0.5, 0.6) is 0 Å². The number of thiophene rings is 1. The Morgan fingerprint density at radius 2 is 1.92 bits per heavy atom. The number of nitrogens with one attached hydrogen (secondary N) is 1. The second-order valence-corrected chi connectivity index (χ2v) is 6.64. The van der Waals surface area contributed by atoms with Crippen LogP contribution >= 0.6 is 11.3 Å². The van der Waals surface area contributed by atoms with Gasteiger partial charge >= 0.3 is 0 Å². The Morgan fingerprint density at radius 1 is 1.16 bits per heavy atom. The molecular weight excluding hydrogens is 344 g/mol. The number of methoxy groups -OCH3 is 1. The van der Waals surface area contributed by atoms with Crippen LogP contribution in [0.25, 0.3) is 10.1 Å². The third-order valence-electron chi connectivity index (χ3n) is 3.87. The Balaban J connectivity index is 1.76. The van der Waals surface area contributed by atoms with Crippen LogP contribution in [0, 0.1) is 11.6 Å². The Kier molecular flexibility index (Phi) is 5.40. The van der Waals surface area contributed by atoms with Gasteiger partial charge in [-0.1, -0.05) is 18.2 Å². The summed E-state index contributed by atoms with van der Waals surface area (Å²) in [6, 6.07) is 11.0. The molecule has 0 bridgehead atoms. The van der Waals surface area contributed by atoms with E-state index in [2.05, 4.69) is 5.32 Å². The summed E-state index contributed by atoms with van der Waals surface area (Å²) in [6.07, 6.45) is 0.588. The van der Waals surface area contributed by atoms with E-state index >= 15 is 0 Å². The normalized spacial score (nSPS) is 11.0. The second kappa shape index (κ2) is 7.72. The van der Waals surface area contributed by atoms with Gasteiger partial charge in [0.2, 0.25) is 0 Å². The summed E-state index contributed by atoms with van der Waals surface area (Å²) in [5.74, 6) is -0.898. The topological polar surface area (TPSA) is 38.3 Å². The maximum absolute atomic E-state index is 14.1. The number of hydrogen-bond acceptors (Lipinski definition) is 3. The van der Waals surface area contributed by atoms with Gasteiger partial charge in [-0.3, -0.25) is 4.79 Å². The van der Waals surface area contributed by atoms with Crippen LogP contribution in [0.1, 0.15) is 20.8 Å². The van der Waals surface area contributed by atoms with E-state index in [0.29, 0.717) is 28.8 Å². The molecule has 1 aromatic heterocycles. The van der Waals surface area contributed by atoms with Crippen molar-refractivity contribution in [3.8, 4) is 0 Å². The largest absolute Gasteiger partial charge is 0.380 e. The third-order valence-corrected chi connectivity index (χ3v) is 5.07.